The lowest BCUT2D eigenvalue weighted by molar-refractivity contribution is -0.131. The van der Waals surface area contributed by atoms with E-state index in [1.165, 1.54) is 19.2 Å². The number of carbonyl (C=O) groups is 1. The lowest BCUT2D eigenvalue weighted by Crippen LogP contribution is -2.49. The summed E-state index contributed by atoms with van der Waals surface area (Å²) in [4.78, 5) is 20.8. The van der Waals surface area contributed by atoms with E-state index in [9.17, 15) is 13.2 Å². The minimum atomic E-state index is -3.65. The minimum Gasteiger partial charge on any atom is -0.497 e. The number of hydrogen-bond donors (Lipinski definition) is 1. The molecule has 1 aromatic heterocycles. The second-order valence-corrected chi connectivity index (χ2v) is 8.15. The highest BCUT2D eigenvalue weighted by molar-refractivity contribution is 7.89. The summed E-state index contributed by atoms with van der Waals surface area (Å²) in [6.07, 6.45) is 1.88. The summed E-state index contributed by atoms with van der Waals surface area (Å²) in [5.41, 5.74) is 0. The number of pyridine rings is 1. The third-order valence-electron chi connectivity index (χ3n) is 4.61. The molecular weight excluding hydrogens is 380 g/mol. The normalized spacial score (nSPS) is 14.8. The van der Waals surface area contributed by atoms with Crippen molar-refractivity contribution < 1.29 is 17.9 Å². The van der Waals surface area contributed by atoms with Crippen molar-refractivity contribution in [2.75, 3.05) is 44.7 Å². The summed E-state index contributed by atoms with van der Waals surface area (Å²) in [5, 5.41) is 0. The number of nitrogens with one attached hydrogen (secondary N) is 1. The average molecular weight is 404 g/mol. The second kappa shape index (κ2) is 9.03. The topological polar surface area (TPSA) is 91.8 Å². The zero-order valence-electron chi connectivity index (χ0n) is 15.7. The van der Waals surface area contributed by atoms with Gasteiger partial charge in [0.1, 0.15) is 11.6 Å². The van der Waals surface area contributed by atoms with Gasteiger partial charge in [-0.3, -0.25) is 4.79 Å². The standard InChI is InChI=1S/C19H24N4O4S/c1-27-16-5-7-17(8-6-16)28(25,26)21-11-9-19(24)23-14-12-22(13-15-23)18-4-2-3-10-20-18/h2-8,10,21H,9,11-15H2,1H3. The molecule has 1 N–H and O–H groups in total. The Morgan fingerprint density at radius 3 is 2.43 bits per heavy atom. The molecule has 0 bridgehead atoms. The third kappa shape index (κ3) is 4.99. The molecule has 0 radical (unpaired) electrons. The molecule has 3 rings (SSSR count). The number of methoxy groups -OCH3 is 1. The van der Waals surface area contributed by atoms with Gasteiger partial charge in [-0.05, 0) is 36.4 Å². The highest BCUT2D eigenvalue weighted by atomic mass is 32.2. The van der Waals surface area contributed by atoms with Crippen LogP contribution in [0.1, 0.15) is 6.42 Å². The number of sulfonamides is 1. The zero-order chi connectivity index (χ0) is 20.0. The molecule has 9 heteroatoms. The van der Waals surface area contributed by atoms with Crippen LogP contribution in [0.3, 0.4) is 0 Å². The summed E-state index contributed by atoms with van der Waals surface area (Å²) in [6.45, 7) is 2.68. The van der Waals surface area contributed by atoms with Crippen molar-refractivity contribution in [2.24, 2.45) is 0 Å². The minimum absolute atomic E-state index is 0.0573. The molecule has 0 atom stereocenters. The highest BCUT2D eigenvalue weighted by Gasteiger charge is 2.22. The lowest BCUT2D eigenvalue weighted by atomic mass is 10.2. The van der Waals surface area contributed by atoms with Crippen LogP contribution in [0.4, 0.5) is 5.82 Å². The van der Waals surface area contributed by atoms with Gasteiger partial charge in [0.2, 0.25) is 15.9 Å². The van der Waals surface area contributed by atoms with Crippen molar-refractivity contribution in [1.82, 2.24) is 14.6 Å². The summed E-state index contributed by atoms with van der Waals surface area (Å²) in [7, 11) is -2.13. The molecule has 1 aromatic carbocycles. The van der Waals surface area contributed by atoms with E-state index >= 15 is 0 Å². The van der Waals surface area contributed by atoms with E-state index in [0.29, 0.717) is 31.9 Å². The number of anilines is 1. The Morgan fingerprint density at radius 1 is 1.11 bits per heavy atom. The van der Waals surface area contributed by atoms with Gasteiger partial charge in [-0.2, -0.15) is 0 Å². The maximum Gasteiger partial charge on any atom is 0.240 e. The van der Waals surface area contributed by atoms with Crippen molar-refractivity contribution in [1.29, 1.82) is 0 Å². The van der Waals surface area contributed by atoms with E-state index in [2.05, 4.69) is 14.6 Å². The number of piperazine rings is 1. The van der Waals surface area contributed by atoms with Gasteiger partial charge in [0.05, 0.1) is 12.0 Å². The molecular formula is C19H24N4O4S. The van der Waals surface area contributed by atoms with Crippen LogP contribution in [-0.2, 0) is 14.8 Å². The van der Waals surface area contributed by atoms with Crippen molar-refractivity contribution in [3.8, 4) is 5.75 Å². The fraction of sp³-hybridized carbons (Fsp3) is 0.368. The van der Waals surface area contributed by atoms with E-state index in [4.69, 9.17) is 4.74 Å². The molecule has 1 fully saturated rings. The fourth-order valence-electron chi connectivity index (χ4n) is 3.01. The van der Waals surface area contributed by atoms with Crippen LogP contribution in [0, 0.1) is 0 Å². The number of carbonyl (C=O) groups excluding carboxylic acids is 1. The van der Waals surface area contributed by atoms with Crippen LogP contribution in [0.5, 0.6) is 5.75 Å². The first-order chi connectivity index (χ1) is 13.5. The number of aromatic nitrogens is 1. The lowest BCUT2D eigenvalue weighted by Gasteiger charge is -2.35. The highest BCUT2D eigenvalue weighted by Crippen LogP contribution is 2.16. The van der Waals surface area contributed by atoms with Gasteiger partial charge in [0.15, 0.2) is 0 Å². The molecule has 150 valence electrons. The largest absolute Gasteiger partial charge is 0.497 e. The monoisotopic (exact) mass is 404 g/mol. The van der Waals surface area contributed by atoms with Gasteiger partial charge in [-0.25, -0.2) is 18.1 Å². The molecule has 0 aliphatic carbocycles. The molecule has 0 saturated carbocycles. The van der Waals surface area contributed by atoms with Crippen molar-refractivity contribution in [3.63, 3.8) is 0 Å². The van der Waals surface area contributed by atoms with Crippen LogP contribution in [0.2, 0.25) is 0 Å². The SMILES string of the molecule is COc1ccc(S(=O)(=O)NCCC(=O)N2CCN(c3ccccn3)CC2)cc1. The summed E-state index contributed by atoms with van der Waals surface area (Å²) < 4.78 is 32.1. The van der Waals surface area contributed by atoms with Gasteiger partial charge in [0, 0.05) is 45.3 Å². The number of ether oxygens (including phenoxy) is 1. The van der Waals surface area contributed by atoms with Gasteiger partial charge in [0.25, 0.3) is 0 Å². The molecule has 28 heavy (non-hydrogen) atoms. The van der Waals surface area contributed by atoms with E-state index in [1.807, 2.05) is 18.2 Å². The number of amides is 1. The van der Waals surface area contributed by atoms with E-state index < -0.39 is 10.0 Å². The second-order valence-electron chi connectivity index (χ2n) is 6.38. The number of nitrogens with zero attached hydrogens (tertiary/aromatic N) is 3. The molecule has 8 nitrogen and oxygen atoms in total. The average Bonchev–Trinajstić information content (AvgIpc) is 2.74. The molecule has 0 unspecified atom stereocenters. The van der Waals surface area contributed by atoms with E-state index in [1.54, 1.807) is 23.2 Å². The molecule has 1 amide bonds. The predicted molar refractivity (Wildman–Crippen MR) is 106 cm³/mol. The smallest absolute Gasteiger partial charge is 0.240 e. The van der Waals surface area contributed by atoms with Crippen molar-refractivity contribution in [2.45, 2.75) is 11.3 Å². The number of hydrogen-bond acceptors (Lipinski definition) is 6. The molecule has 0 spiro atoms. The molecule has 1 saturated heterocycles. The maximum absolute atomic E-state index is 12.4. The van der Waals surface area contributed by atoms with E-state index in [0.717, 1.165) is 5.82 Å². The third-order valence-corrected chi connectivity index (χ3v) is 6.08. The Hall–Kier alpha value is -2.65. The van der Waals surface area contributed by atoms with E-state index in [-0.39, 0.29) is 23.8 Å². The predicted octanol–water partition coefficient (Wildman–Crippen LogP) is 1.11. The summed E-state index contributed by atoms with van der Waals surface area (Å²) in [6, 6.07) is 11.9. The fourth-order valence-corrected chi connectivity index (χ4v) is 4.05. The molecule has 2 aromatic rings. The van der Waals surface area contributed by atoms with Gasteiger partial charge in [-0.15, -0.1) is 0 Å². The van der Waals surface area contributed by atoms with Crippen molar-refractivity contribution >= 4 is 21.7 Å². The van der Waals surface area contributed by atoms with Crippen LogP contribution in [0.15, 0.2) is 53.6 Å². The van der Waals surface area contributed by atoms with Crippen LogP contribution >= 0.6 is 0 Å². The number of rotatable bonds is 7. The first kappa shape index (κ1) is 20.1. The Morgan fingerprint density at radius 2 is 1.82 bits per heavy atom. The first-order valence-electron chi connectivity index (χ1n) is 9.07. The van der Waals surface area contributed by atoms with Crippen LogP contribution in [-0.4, -0.2) is 64.0 Å². The zero-order valence-corrected chi connectivity index (χ0v) is 16.6. The van der Waals surface area contributed by atoms with Gasteiger partial charge >= 0.3 is 0 Å². The Bertz CT molecular complexity index is 880. The first-order valence-corrected chi connectivity index (χ1v) is 10.6. The van der Waals surface area contributed by atoms with Crippen LogP contribution < -0.4 is 14.4 Å². The Kier molecular flexibility index (Phi) is 6.48. The molecule has 1 aliphatic heterocycles. The number of benzene rings is 1. The van der Waals surface area contributed by atoms with Gasteiger partial charge < -0.3 is 14.5 Å². The molecule has 1 aliphatic rings. The summed E-state index contributed by atoms with van der Waals surface area (Å²) >= 11 is 0. The Labute approximate surface area is 165 Å². The quantitative estimate of drug-likeness (QED) is 0.743. The van der Waals surface area contributed by atoms with Gasteiger partial charge in [-0.1, -0.05) is 6.07 Å². The van der Waals surface area contributed by atoms with Crippen molar-refractivity contribution in [3.05, 3.63) is 48.7 Å². The maximum atomic E-state index is 12.4. The van der Waals surface area contributed by atoms with Crippen LogP contribution in [0.25, 0.3) is 0 Å². The molecule has 2 heterocycles. The summed E-state index contributed by atoms with van der Waals surface area (Å²) in [5.74, 6) is 1.43. The Balaban J connectivity index is 1.45.